The number of carbonyl (C=O) groups excluding carboxylic acids is 1. The number of nitrogens with zero attached hydrogens (tertiary/aromatic N) is 1. The zero-order valence-corrected chi connectivity index (χ0v) is 9.50. The average Bonchev–Trinajstić information content (AvgIpc) is 2.87. The van der Waals surface area contributed by atoms with Gasteiger partial charge in [0.1, 0.15) is 11.9 Å². The predicted octanol–water partition coefficient (Wildman–Crippen LogP) is 1.72. The van der Waals surface area contributed by atoms with Gasteiger partial charge in [-0.1, -0.05) is 0 Å². The van der Waals surface area contributed by atoms with Gasteiger partial charge in [0, 0.05) is 5.41 Å². The summed E-state index contributed by atoms with van der Waals surface area (Å²) in [6.45, 7) is 5.74. The second kappa shape index (κ2) is 3.17. The maximum Gasteiger partial charge on any atom is 0.212 e. The summed E-state index contributed by atoms with van der Waals surface area (Å²) in [4.78, 5) is 12.7. The van der Waals surface area contributed by atoms with Gasteiger partial charge in [0.05, 0.1) is 12.6 Å². The predicted molar refractivity (Wildman–Crippen MR) is 54.0 cm³/mol. The van der Waals surface area contributed by atoms with Crippen molar-refractivity contribution in [3.05, 3.63) is 0 Å². The molecule has 1 saturated heterocycles. The summed E-state index contributed by atoms with van der Waals surface area (Å²) in [6, 6.07) is -0.0926. The van der Waals surface area contributed by atoms with Crippen molar-refractivity contribution in [1.29, 1.82) is 0 Å². The molecule has 0 aromatic heterocycles. The number of amides is 1. The molecular formula is C11H18FNO2. The van der Waals surface area contributed by atoms with Crippen LogP contribution in [0.3, 0.4) is 0 Å². The molecule has 2 unspecified atom stereocenters. The molecule has 3 nitrogen and oxygen atoms in total. The van der Waals surface area contributed by atoms with Gasteiger partial charge in [0.25, 0.3) is 0 Å². The SMILES string of the molecule is CC(F)C1(C2COC(C)(C)N2C=O)CC1. The second-order valence-corrected chi connectivity index (χ2v) is 5.14. The smallest absolute Gasteiger partial charge is 0.212 e. The largest absolute Gasteiger partial charge is 0.354 e. The Morgan fingerprint density at radius 1 is 1.53 bits per heavy atom. The Labute approximate surface area is 89.6 Å². The van der Waals surface area contributed by atoms with Gasteiger partial charge >= 0.3 is 0 Å². The summed E-state index contributed by atoms with van der Waals surface area (Å²) >= 11 is 0. The van der Waals surface area contributed by atoms with Crippen molar-refractivity contribution in [3.63, 3.8) is 0 Å². The highest BCUT2D eigenvalue weighted by Gasteiger charge is 2.60. The third-order valence-corrected chi connectivity index (χ3v) is 3.95. The number of hydrogen-bond donors (Lipinski definition) is 0. The van der Waals surface area contributed by atoms with Crippen LogP contribution in [0.15, 0.2) is 0 Å². The molecule has 86 valence electrons. The van der Waals surface area contributed by atoms with Gasteiger partial charge < -0.3 is 9.64 Å². The molecule has 1 saturated carbocycles. The van der Waals surface area contributed by atoms with Gasteiger partial charge in [-0.05, 0) is 33.6 Å². The maximum atomic E-state index is 13.6. The van der Waals surface area contributed by atoms with E-state index in [1.54, 1.807) is 11.8 Å². The van der Waals surface area contributed by atoms with Crippen LogP contribution in [0.25, 0.3) is 0 Å². The molecule has 15 heavy (non-hydrogen) atoms. The van der Waals surface area contributed by atoms with Crippen LogP contribution in [0.4, 0.5) is 4.39 Å². The minimum atomic E-state index is -0.873. The van der Waals surface area contributed by atoms with E-state index < -0.39 is 11.9 Å². The monoisotopic (exact) mass is 215 g/mol. The van der Waals surface area contributed by atoms with Gasteiger partial charge in [0.15, 0.2) is 0 Å². The fourth-order valence-electron chi connectivity index (χ4n) is 2.60. The van der Waals surface area contributed by atoms with E-state index in [0.29, 0.717) is 6.61 Å². The third kappa shape index (κ3) is 1.46. The summed E-state index contributed by atoms with van der Waals surface area (Å²) < 4.78 is 19.1. The molecule has 0 N–H and O–H groups in total. The van der Waals surface area contributed by atoms with E-state index in [1.807, 2.05) is 13.8 Å². The quantitative estimate of drug-likeness (QED) is 0.671. The van der Waals surface area contributed by atoms with Crippen LogP contribution < -0.4 is 0 Å². The van der Waals surface area contributed by atoms with Crippen LogP contribution in [-0.2, 0) is 9.53 Å². The summed E-state index contributed by atoms with van der Waals surface area (Å²) in [6.07, 6.45) is 1.64. The Morgan fingerprint density at radius 3 is 2.53 bits per heavy atom. The Morgan fingerprint density at radius 2 is 2.13 bits per heavy atom. The van der Waals surface area contributed by atoms with E-state index in [1.165, 1.54) is 0 Å². The van der Waals surface area contributed by atoms with Gasteiger partial charge in [0.2, 0.25) is 6.41 Å². The zero-order valence-electron chi connectivity index (χ0n) is 9.50. The van der Waals surface area contributed by atoms with Crippen molar-refractivity contribution in [1.82, 2.24) is 4.90 Å². The first kappa shape index (κ1) is 10.9. The van der Waals surface area contributed by atoms with Crippen molar-refractivity contribution in [2.75, 3.05) is 6.61 Å². The van der Waals surface area contributed by atoms with E-state index in [9.17, 15) is 9.18 Å². The van der Waals surface area contributed by atoms with Gasteiger partial charge in [-0.15, -0.1) is 0 Å². The van der Waals surface area contributed by atoms with E-state index in [2.05, 4.69) is 0 Å². The topological polar surface area (TPSA) is 29.5 Å². The summed E-state index contributed by atoms with van der Waals surface area (Å²) in [7, 11) is 0. The van der Waals surface area contributed by atoms with E-state index >= 15 is 0 Å². The number of hydrogen-bond acceptors (Lipinski definition) is 2. The van der Waals surface area contributed by atoms with Crippen LogP contribution in [0.2, 0.25) is 0 Å². The first-order chi connectivity index (χ1) is 6.94. The lowest BCUT2D eigenvalue weighted by atomic mass is 9.91. The van der Waals surface area contributed by atoms with Gasteiger partial charge in [-0.2, -0.15) is 0 Å². The molecule has 2 aliphatic rings. The average molecular weight is 215 g/mol. The van der Waals surface area contributed by atoms with Crippen molar-refractivity contribution < 1.29 is 13.9 Å². The molecule has 0 spiro atoms. The fraction of sp³-hybridized carbons (Fsp3) is 0.909. The number of halogens is 1. The lowest BCUT2D eigenvalue weighted by Crippen LogP contribution is -2.48. The Hall–Kier alpha value is -0.640. The van der Waals surface area contributed by atoms with Crippen molar-refractivity contribution in [3.8, 4) is 0 Å². The molecule has 2 atom stereocenters. The fourth-order valence-corrected chi connectivity index (χ4v) is 2.60. The molecule has 1 aliphatic carbocycles. The van der Waals surface area contributed by atoms with Crippen molar-refractivity contribution >= 4 is 6.41 Å². The van der Waals surface area contributed by atoms with E-state index in [-0.39, 0.29) is 11.5 Å². The summed E-state index contributed by atoms with van der Waals surface area (Å²) in [5, 5.41) is 0. The van der Waals surface area contributed by atoms with Crippen LogP contribution in [-0.4, -0.2) is 35.9 Å². The van der Waals surface area contributed by atoms with Crippen LogP contribution in [0.1, 0.15) is 33.6 Å². The van der Waals surface area contributed by atoms with Crippen LogP contribution in [0.5, 0.6) is 0 Å². The number of ether oxygens (including phenoxy) is 1. The molecule has 0 aromatic carbocycles. The van der Waals surface area contributed by atoms with Crippen LogP contribution >= 0.6 is 0 Å². The molecule has 1 heterocycles. The first-order valence-electron chi connectivity index (χ1n) is 5.46. The maximum absolute atomic E-state index is 13.6. The van der Waals surface area contributed by atoms with Gasteiger partial charge in [-0.3, -0.25) is 4.79 Å². The standard InChI is InChI=1S/C11H18FNO2/c1-8(12)11(4-5-11)9-6-15-10(2,3)13(9)7-14/h7-9H,4-6H2,1-3H3. The normalized spacial score (nSPS) is 33.9. The summed E-state index contributed by atoms with van der Waals surface area (Å²) in [5.74, 6) is 0. The Balaban J connectivity index is 2.21. The molecule has 0 aromatic rings. The minimum Gasteiger partial charge on any atom is -0.354 e. The minimum absolute atomic E-state index is 0.0926. The first-order valence-corrected chi connectivity index (χ1v) is 5.46. The zero-order chi connectivity index (χ0) is 11.3. The van der Waals surface area contributed by atoms with E-state index in [0.717, 1.165) is 19.3 Å². The van der Waals surface area contributed by atoms with Crippen LogP contribution in [0, 0.1) is 5.41 Å². The number of carbonyl (C=O) groups is 1. The molecule has 2 rings (SSSR count). The highest BCUT2D eigenvalue weighted by atomic mass is 19.1. The number of alkyl halides is 1. The van der Waals surface area contributed by atoms with E-state index in [4.69, 9.17) is 4.74 Å². The molecule has 0 radical (unpaired) electrons. The molecule has 1 amide bonds. The highest BCUT2D eigenvalue weighted by molar-refractivity contribution is 5.50. The lowest BCUT2D eigenvalue weighted by molar-refractivity contribution is -0.134. The Bertz CT molecular complexity index is 274. The molecule has 4 heteroatoms. The second-order valence-electron chi connectivity index (χ2n) is 5.14. The summed E-state index contributed by atoms with van der Waals surface area (Å²) in [5.41, 5.74) is -0.925. The molecule has 1 aliphatic heterocycles. The third-order valence-electron chi connectivity index (χ3n) is 3.95. The molecule has 2 fully saturated rings. The number of rotatable bonds is 3. The Kier molecular flexibility index (Phi) is 2.30. The highest BCUT2D eigenvalue weighted by Crippen LogP contribution is 2.56. The van der Waals surface area contributed by atoms with Crippen molar-refractivity contribution in [2.45, 2.75) is 51.6 Å². The molecular weight excluding hydrogens is 197 g/mol. The van der Waals surface area contributed by atoms with Gasteiger partial charge in [-0.25, -0.2) is 4.39 Å². The van der Waals surface area contributed by atoms with Crippen molar-refractivity contribution in [2.24, 2.45) is 5.41 Å². The molecule has 0 bridgehead atoms. The lowest BCUT2D eigenvalue weighted by Gasteiger charge is -2.34.